The van der Waals surface area contributed by atoms with Crippen molar-refractivity contribution < 1.29 is 4.79 Å². The standard InChI is InChI=1S/C16H27N5O/c1-7-20(6)14-12-10-21(15(22)19-16(3,4)5)9-8-13(12)17-11(2)18-14/h7-10H2,1-6H3,(H,19,22). The van der Waals surface area contributed by atoms with Gasteiger partial charge < -0.3 is 15.1 Å². The van der Waals surface area contributed by atoms with Crippen molar-refractivity contribution in [3.8, 4) is 0 Å². The van der Waals surface area contributed by atoms with E-state index < -0.39 is 0 Å². The Kier molecular flexibility index (Phi) is 4.58. The van der Waals surface area contributed by atoms with Crippen LogP contribution in [0.25, 0.3) is 0 Å². The first-order valence-corrected chi connectivity index (χ1v) is 7.86. The van der Waals surface area contributed by atoms with E-state index in [1.807, 2.05) is 39.6 Å². The van der Waals surface area contributed by atoms with Crippen LogP contribution in [0.3, 0.4) is 0 Å². The molecule has 6 heteroatoms. The number of rotatable bonds is 2. The molecule has 1 aliphatic rings. The molecule has 0 spiro atoms. The zero-order valence-electron chi connectivity index (χ0n) is 14.5. The Morgan fingerprint density at radius 3 is 2.64 bits per heavy atom. The third-order valence-electron chi connectivity index (χ3n) is 3.76. The molecule has 22 heavy (non-hydrogen) atoms. The minimum absolute atomic E-state index is 0.0242. The first kappa shape index (κ1) is 16.5. The van der Waals surface area contributed by atoms with Crippen LogP contribution in [0.2, 0.25) is 0 Å². The molecule has 0 atom stereocenters. The number of carbonyl (C=O) groups is 1. The summed E-state index contributed by atoms with van der Waals surface area (Å²) in [7, 11) is 2.02. The van der Waals surface area contributed by atoms with Crippen LogP contribution in [-0.4, -0.2) is 46.6 Å². The van der Waals surface area contributed by atoms with Crippen LogP contribution in [0.1, 0.15) is 44.8 Å². The number of carbonyl (C=O) groups excluding carboxylic acids is 1. The van der Waals surface area contributed by atoms with Gasteiger partial charge >= 0.3 is 6.03 Å². The van der Waals surface area contributed by atoms with Crippen molar-refractivity contribution in [2.75, 3.05) is 25.0 Å². The van der Waals surface area contributed by atoms with Crippen LogP contribution in [0.5, 0.6) is 0 Å². The fourth-order valence-corrected chi connectivity index (χ4v) is 2.56. The van der Waals surface area contributed by atoms with Gasteiger partial charge in [-0.15, -0.1) is 0 Å². The second kappa shape index (κ2) is 6.10. The predicted octanol–water partition coefficient (Wildman–Crippen LogP) is 2.11. The van der Waals surface area contributed by atoms with Crippen LogP contribution < -0.4 is 10.2 Å². The minimum Gasteiger partial charge on any atom is -0.360 e. The number of hydrogen-bond donors (Lipinski definition) is 1. The molecule has 1 N–H and O–H groups in total. The Bertz CT molecular complexity index is 564. The summed E-state index contributed by atoms with van der Waals surface area (Å²) in [5, 5.41) is 3.03. The molecule has 0 saturated heterocycles. The minimum atomic E-state index is -0.232. The van der Waals surface area contributed by atoms with Crippen molar-refractivity contribution in [1.82, 2.24) is 20.2 Å². The zero-order valence-corrected chi connectivity index (χ0v) is 14.5. The number of urea groups is 1. The molecule has 2 rings (SSSR count). The van der Waals surface area contributed by atoms with Crippen LogP contribution in [0, 0.1) is 6.92 Å². The van der Waals surface area contributed by atoms with E-state index in [1.165, 1.54) is 0 Å². The van der Waals surface area contributed by atoms with E-state index in [1.54, 1.807) is 0 Å². The first-order chi connectivity index (χ1) is 10.2. The van der Waals surface area contributed by atoms with Gasteiger partial charge in [-0.25, -0.2) is 14.8 Å². The summed E-state index contributed by atoms with van der Waals surface area (Å²) in [6.07, 6.45) is 0.779. The highest BCUT2D eigenvalue weighted by atomic mass is 16.2. The van der Waals surface area contributed by atoms with Crippen molar-refractivity contribution in [2.24, 2.45) is 0 Å². The monoisotopic (exact) mass is 305 g/mol. The van der Waals surface area contributed by atoms with E-state index in [-0.39, 0.29) is 11.6 Å². The molecular formula is C16H27N5O. The molecule has 2 heterocycles. The molecule has 0 fully saturated rings. The third-order valence-corrected chi connectivity index (χ3v) is 3.76. The largest absolute Gasteiger partial charge is 0.360 e. The topological polar surface area (TPSA) is 61.4 Å². The Hall–Kier alpha value is -1.85. The van der Waals surface area contributed by atoms with E-state index in [2.05, 4.69) is 27.1 Å². The molecule has 6 nitrogen and oxygen atoms in total. The van der Waals surface area contributed by atoms with Crippen LogP contribution in [0.15, 0.2) is 0 Å². The molecule has 0 aromatic carbocycles. The maximum absolute atomic E-state index is 12.4. The molecule has 1 aromatic rings. The lowest BCUT2D eigenvalue weighted by Gasteiger charge is -2.33. The highest BCUT2D eigenvalue weighted by molar-refractivity contribution is 5.75. The van der Waals surface area contributed by atoms with Crippen molar-refractivity contribution in [2.45, 2.75) is 53.1 Å². The Morgan fingerprint density at radius 1 is 1.36 bits per heavy atom. The number of nitrogens with one attached hydrogen (secondary N) is 1. The van der Waals surface area contributed by atoms with E-state index in [0.717, 1.165) is 35.9 Å². The van der Waals surface area contributed by atoms with E-state index in [9.17, 15) is 4.79 Å². The lowest BCUT2D eigenvalue weighted by Crippen LogP contribution is -2.50. The van der Waals surface area contributed by atoms with Gasteiger partial charge in [-0.05, 0) is 34.6 Å². The summed E-state index contributed by atoms with van der Waals surface area (Å²) in [5.74, 6) is 1.74. The van der Waals surface area contributed by atoms with Gasteiger partial charge in [0.1, 0.15) is 11.6 Å². The normalized spacial score (nSPS) is 14.5. The number of anilines is 1. The van der Waals surface area contributed by atoms with Gasteiger partial charge in [-0.2, -0.15) is 0 Å². The van der Waals surface area contributed by atoms with Gasteiger partial charge in [-0.3, -0.25) is 0 Å². The predicted molar refractivity (Wildman–Crippen MR) is 88.1 cm³/mol. The Morgan fingerprint density at radius 2 is 2.05 bits per heavy atom. The number of aryl methyl sites for hydroxylation is 1. The molecule has 0 aliphatic carbocycles. The lowest BCUT2D eigenvalue weighted by molar-refractivity contribution is 0.183. The van der Waals surface area contributed by atoms with E-state index >= 15 is 0 Å². The average Bonchev–Trinajstić information content (AvgIpc) is 2.43. The molecule has 1 aromatic heterocycles. The average molecular weight is 305 g/mol. The van der Waals surface area contributed by atoms with Crippen molar-refractivity contribution in [3.63, 3.8) is 0 Å². The van der Waals surface area contributed by atoms with Gasteiger partial charge in [-0.1, -0.05) is 0 Å². The van der Waals surface area contributed by atoms with Gasteiger partial charge in [0, 0.05) is 37.7 Å². The van der Waals surface area contributed by atoms with Gasteiger partial charge in [0.25, 0.3) is 0 Å². The zero-order chi connectivity index (χ0) is 16.5. The molecule has 2 amide bonds. The number of amides is 2. The molecule has 0 saturated carbocycles. The molecule has 122 valence electrons. The van der Waals surface area contributed by atoms with Crippen LogP contribution in [-0.2, 0) is 13.0 Å². The number of hydrogen-bond acceptors (Lipinski definition) is 4. The molecule has 0 bridgehead atoms. The first-order valence-electron chi connectivity index (χ1n) is 7.86. The highest BCUT2D eigenvalue weighted by Gasteiger charge is 2.27. The third kappa shape index (κ3) is 3.67. The van der Waals surface area contributed by atoms with Crippen molar-refractivity contribution in [3.05, 3.63) is 17.1 Å². The molecule has 0 unspecified atom stereocenters. The van der Waals surface area contributed by atoms with E-state index in [0.29, 0.717) is 13.1 Å². The Labute approximate surface area is 132 Å². The summed E-state index contributed by atoms with van der Waals surface area (Å²) in [4.78, 5) is 25.5. The van der Waals surface area contributed by atoms with Crippen molar-refractivity contribution >= 4 is 11.8 Å². The second-order valence-corrected chi connectivity index (χ2v) is 6.89. The molecule has 1 aliphatic heterocycles. The fourth-order valence-electron chi connectivity index (χ4n) is 2.56. The van der Waals surface area contributed by atoms with Gasteiger partial charge in [0.2, 0.25) is 0 Å². The number of aromatic nitrogens is 2. The van der Waals surface area contributed by atoms with Crippen LogP contribution >= 0.6 is 0 Å². The maximum Gasteiger partial charge on any atom is 0.318 e. The molecule has 0 radical (unpaired) electrons. The summed E-state index contributed by atoms with van der Waals surface area (Å²) in [5.41, 5.74) is 1.91. The fraction of sp³-hybridized carbons (Fsp3) is 0.688. The maximum atomic E-state index is 12.4. The Balaban J connectivity index is 2.27. The summed E-state index contributed by atoms with van der Waals surface area (Å²) in [6.45, 7) is 12.1. The summed E-state index contributed by atoms with van der Waals surface area (Å²) >= 11 is 0. The SMILES string of the molecule is CCN(C)c1nc(C)nc2c1CN(C(=O)NC(C)(C)C)CC2. The lowest BCUT2D eigenvalue weighted by atomic mass is 10.1. The van der Waals surface area contributed by atoms with Gasteiger partial charge in [0.15, 0.2) is 0 Å². The van der Waals surface area contributed by atoms with Gasteiger partial charge in [0.05, 0.1) is 12.2 Å². The smallest absolute Gasteiger partial charge is 0.318 e. The molecular weight excluding hydrogens is 278 g/mol. The quantitative estimate of drug-likeness (QED) is 0.909. The van der Waals surface area contributed by atoms with E-state index in [4.69, 9.17) is 0 Å². The van der Waals surface area contributed by atoms with Crippen molar-refractivity contribution in [1.29, 1.82) is 0 Å². The highest BCUT2D eigenvalue weighted by Crippen LogP contribution is 2.26. The number of fused-ring (bicyclic) bond motifs is 1. The number of nitrogens with zero attached hydrogens (tertiary/aromatic N) is 4. The summed E-state index contributed by atoms with van der Waals surface area (Å²) < 4.78 is 0. The summed E-state index contributed by atoms with van der Waals surface area (Å²) in [6, 6.07) is -0.0242. The van der Waals surface area contributed by atoms with Crippen LogP contribution in [0.4, 0.5) is 10.6 Å². The second-order valence-electron chi connectivity index (χ2n) is 6.89.